The van der Waals surface area contributed by atoms with Gasteiger partial charge in [-0.1, -0.05) is 68.1 Å². The number of aromatic nitrogens is 4. The lowest BCUT2D eigenvalue weighted by atomic mass is 10.1. The van der Waals surface area contributed by atoms with E-state index in [0.717, 1.165) is 29.2 Å². The molecule has 2 aromatic heterocycles. The number of fused-ring (bicyclic) bond motifs is 1. The molecule has 0 spiro atoms. The molecular formula is C21H22N4OS. The van der Waals surface area contributed by atoms with Gasteiger partial charge in [-0.15, -0.1) is 10.2 Å². The fourth-order valence-corrected chi connectivity index (χ4v) is 3.83. The van der Waals surface area contributed by atoms with Crippen LogP contribution in [-0.4, -0.2) is 19.7 Å². The minimum absolute atomic E-state index is 0.242. The van der Waals surface area contributed by atoms with Crippen LogP contribution in [0.2, 0.25) is 0 Å². The Hall–Kier alpha value is -2.60. The van der Waals surface area contributed by atoms with Crippen molar-refractivity contribution in [3.8, 4) is 0 Å². The number of benzene rings is 2. The molecule has 0 N–H and O–H groups in total. The minimum Gasteiger partial charge on any atom is -0.424 e. The molecule has 0 saturated heterocycles. The second-order valence-corrected chi connectivity index (χ2v) is 7.69. The number of rotatable bonds is 7. The first kappa shape index (κ1) is 17.8. The summed E-state index contributed by atoms with van der Waals surface area (Å²) in [6.45, 7) is 4.98. The smallest absolute Gasteiger partial charge is 0.226 e. The van der Waals surface area contributed by atoms with E-state index in [1.54, 1.807) is 11.8 Å². The Morgan fingerprint density at radius 3 is 2.56 bits per heavy atom. The summed E-state index contributed by atoms with van der Waals surface area (Å²) >= 11 is 1.64. The predicted octanol–water partition coefficient (Wildman–Crippen LogP) is 5.08. The van der Waals surface area contributed by atoms with E-state index in [4.69, 9.17) is 9.40 Å². The number of thioether (sulfide) groups is 1. The van der Waals surface area contributed by atoms with E-state index in [1.807, 2.05) is 26.0 Å². The second-order valence-electron chi connectivity index (χ2n) is 6.75. The molecule has 0 bridgehead atoms. The predicted molar refractivity (Wildman–Crippen MR) is 108 cm³/mol. The third-order valence-corrected chi connectivity index (χ3v) is 5.35. The molecule has 5 nitrogen and oxygen atoms in total. The summed E-state index contributed by atoms with van der Waals surface area (Å²) in [6, 6.07) is 18.8. The molecular weight excluding hydrogens is 356 g/mol. The maximum atomic E-state index is 5.73. The van der Waals surface area contributed by atoms with Crippen molar-refractivity contribution in [3.05, 3.63) is 71.9 Å². The Balaban J connectivity index is 1.55. The van der Waals surface area contributed by atoms with Crippen molar-refractivity contribution in [2.75, 3.05) is 0 Å². The van der Waals surface area contributed by atoms with Gasteiger partial charge in [-0.05, 0) is 24.1 Å². The Labute approximate surface area is 162 Å². The normalized spacial score (nSPS) is 11.5. The summed E-state index contributed by atoms with van der Waals surface area (Å²) in [5, 5.41) is 9.25. The summed E-state index contributed by atoms with van der Waals surface area (Å²) in [5.74, 6) is 2.19. The summed E-state index contributed by atoms with van der Waals surface area (Å²) in [6.07, 6.45) is 0.965. The highest BCUT2D eigenvalue weighted by molar-refractivity contribution is 7.98. The Morgan fingerprint density at radius 1 is 1.00 bits per heavy atom. The molecule has 0 fully saturated rings. The van der Waals surface area contributed by atoms with Crippen molar-refractivity contribution in [2.24, 2.45) is 0 Å². The molecule has 0 aliphatic carbocycles. The number of hydrogen-bond acceptors (Lipinski definition) is 5. The first-order valence-corrected chi connectivity index (χ1v) is 10.1. The molecule has 6 heteroatoms. The van der Waals surface area contributed by atoms with Gasteiger partial charge in [0, 0.05) is 12.5 Å². The van der Waals surface area contributed by atoms with Crippen LogP contribution in [0.1, 0.15) is 37.1 Å². The van der Waals surface area contributed by atoms with E-state index >= 15 is 0 Å². The molecule has 4 rings (SSSR count). The van der Waals surface area contributed by atoms with Crippen LogP contribution in [-0.2, 0) is 18.7 Å². The largest absolute Gasteiger partial charge is 0.424 e. The van der Waals surface area contributed by atoms with E-state index < -0.39 is 0 Å². The van der Waals surface area contributed by atoms with Gasteiger partial charge in [0.15, 0.2) is 5.16 Å². The van der Waals surface area contributed by atoms with Crippen LogP contribution >= 0.6 is 11.8 Å². The number of nitrogens with zero attached hydrogens (tertiary/aromatic N) is 4. The third kappa shape index (κ3) is 4.06. The van der Waals surface area contributed by atoms with Crippen LogP contribution in [0, 0.1) is 0 Å². The summed E-state index contributed by atoms with van der Waals surface area (Å²) in [5.41, 5.74) is 3.50. The first-order valence-electron chi connectivity index (χ1n) is 9.15. The molecule has 2 heterocycles. The molecule has 2 aromatic carbocycles. The standard InChI is InChI=1S/C21H22N4OS/c1-15(2)20-24-23-19(26-20)14-27-21-22-17-10-6-7-11-18(17)25(21)13-12-16-8-4-3-5-9-16/h3-11,15H,12-14H2,1-2H3. The van der Waals surface area contributed by atoms with Gasteiger partial charge in [0.25, 0.3) is 0 Å². The average Bonchev–Trinajstić information content (AvgIpc) is 3.30. The minimum atomic E-state index is 0.242. The molecule has 0 amide bonds. The van der Waals surface area contributed by atoms with E-state index in [9.17, 15) is 0 Å². The number of hydrogen-bond donors (Lipinski definition) is 0. The average molecular weight is 379 g/mol. The van der Waals surface area contributed by atoms with Gasteiger partial charge >= 0.3 is 0 Å². The van der Waals surface area contributed by atoms with Crippen molar-refractivity contribution in [1.82, 2.24) is 19.7 Å². The molecule has 0 saturated carbocycles. The first-order chi connectivity index (χ1) is 13.2. The van der Waals surface area contributed by atoms with Crippen molar-refractivity contribution in [1.29, 1.82) is 0 Å². The van der Waals surface area contributed by atoms with Crippen molar-refractivity contribution >= 4 is 22.8 Å². The highest BCUT2D eigenvalue weighted by Crippen LogP contribution is 2.27. The summed E-state index contributed by atoms with van der Waals surface area (Å²) in [4.78, 5) is 4.82. The van der Waals surface area contributed by atoms with Crippen LogP contribution in [0.5, 0.6) is 0 Å². The van der Waals surface area contributed by atoms with Gasteiger partial charge < -0.3 is 8.98 Å². The lowest BCUT2D eigenvalue weighted by Crippen LogP contribution is -2.03. The molecule has 0 unspecified atom stereocenters. The second kappa shape index (κ2) is 7.96. The molecule has 27 heavy (non-hydrogen) atoms. The van der Waals surface area contributed by atoms with Gasteiger partial charge in [0.1, 0.15) is 0 Å². The zero-order valence-corrected chi connectivity index (χ0v) is 16.3. The quantitative estimate of drug-likeness (QED) is 0.420. The molecule has 0 aliphatic heterocycles. The highest BCUT2D eigenvalue weighted by atomic mass is 32.2. The van der Waals surface area contributed by atoms with Gasteiger partial charge in [0.2, 0.25) is 11.8 Å². The Kier molecular flexibility index (Phi) is 5.25. The van der Waals surface area contributed by atoms with Gasteiger partial charge in [0.05, 0.1) is 16.8 Å². The maximum absolute atomic E-state index is 5.73. The topological polar surface area (TPSA) is 56.7 Å². The van der Waals surface area contributed by atoms with Crippen LogP contribution in [0.15, 0.2) is 64.2 Å². The zero-order chi connectivity index (χ0) is 18.6. The molecule has 0 radical (unpaired) electrons. The van der Waals surface area contributed by atoms with Gasteiger partial charge in [-0.25, -0.2) is 4.98 Å². The van der Waals surface area contributed by atoms with Crippen LogP contribution in [0.4, 0.5) is 0 Å². The van der Waals surface area contributed by atoms with Crippen molar-refractivity contribution in [3.63, 3.8) is 0 Å². The number of aryl methyl sites for hydroxylation is 2. The zero-order valence-electron chi connectivity index (χ0n) is 15.5. The molecule has 4 aromatic rings. The van der Waals surface area contributed by atoms with E-state index in [-0.39, 0.29) is 5.92 Å². The molecule has 0 atom stereocenters. The van der Waals surface area contributed by atoms with Crippen LogP contribution in [0.3, 0.4) is 0 Å². The van der Waals surface area contributed by atoms with E-state index in [0.29, 0.717) is 17.5 Å². The van der Waals surface area contributed by atoms with Crippen LogP contribution < -0.4 is 0 Å². The Bertz CT molecular complexity index is 1020. The van der Waals surface area contributed by atoms with Gasteiger partial charge in [-0.2, -0.15) is 0 Å². The monoisotopic (exact) mass is 378 g/mol. The van der Waals surface area contributed by atoms with Crippen LogP contribution in [0.25, 0.3) is 11.0 Å². The summed E-state index contributed by atoms with van der Waals surface area (Å²) < 4.78 is 8.01. The fourth-order valence-electron chi connectivity index (χ4n) is 2.95. The fraction of sp³-hybridized carbons (Fsp3) is 0.286. The highest BCUT2D eigenvalue weighted by Gasteiger charge is 2.14. The maximum Gasteiger partial charge on any atom is 0.226 e. The van der Waals surface area contributed by atoms with Crippen molar-refractivity contribution < 1.29 is 4.42 Å². The SMILES string of the molecule is CC(C)c1nnc(CSc2nc3ccccc3n2CCc2ccccc2)o1. The Morgan fingerprint density at radius 2 is 1.78 bits per heavy atom. The van der Waals surface area contributed by atoms with E-state index in [2.05, 4.69) is 57.2 Å². The lowest BCUT2D eigenvalue weighted by Gasteiger charge is -2.08. The lowest BCUT2D eigenvalue weighted by molar-refractivity contribution is 0.445. The summed E-state index contributed by atoms with van der Waals surface area (Å²) in [7, 11) is 0. The number of para-hydroxylation sites is 2. The molecule has 0 aliphatic rings. The van der Waals surface area contributed by atoms with Crippen molar-refractivity contribution in [2.45, 2.75) is 43.6 Å². The number of imidazole rings is 1. The molecule has 138 valence electrons. The van der Waals surface area contributed by atoms with Gasteiger partial charge in [-0.3, -0.25) is 0 Å². The third-order valence-electron chi connectivity index (χ3n) is 4.39. The van der Waals surface area contributed by atoms with E-state index in [1.165, 1.54) is 5.56 Å².